The Bertz CT molecular complexity index is 444. The summed E-state index contributed by atoms with van der Waals surface area (Å²) in [5.41, 5.74) is 8.74. The summed E-state index contributed by atoms with van der Waals surface area (Å²) in [4.78, 5) is 2.69. The molecule has 5 nitrogen and oxygen atoms in total. The summed E-state index contributed by atoms with van der Waals surface area (Å²) in [5.74, 6) is 0. The summed E-state index contributed by atoms with van der Waals surface area (Å²) >= 11 is 0. The van der Waals surface area contributed by atoms with Crippen molar-refractivity contribution in [2.75, 3.05) is 13.1 Å². The standard InChI is InChI=1S/C13H17N5/c1-2-13(11-14,16-8-9-17-18-15)10-12-6-4-3-5-7-12/h3-7,16H,2,8-10H2,1H3. The van der Waals surface area contributed by atoms with Gasteiger partial charge in [0.2, 0.25) is 0 Å². The van der Waals surface area contributed by atoms with Crippen LogP contribution in [0, 0.1) is 11.3 Å². The molecule has 0 bridgehead atoms. The van der Waals surface area contributed by atoms with E-state index in [1.54, 1.807) is 0 Å². The second-order valence-electron chi connectivity index (χ2n) is 4.09. The van der Waals surface area contributed by atoms with Crippen molar-refractivity contribution in [2.45, 2.75) is 25.3 Å². The molecule has 1 unspecified atom stereocenters. The highest BCUT2D eigenvalue weighted by atomic mass is 15.1. The van der Waals surface area contributed by atoms with E-state index < -0.39 is 5.54 Å². The number of nitriles is 1. The van der Waals surface area contributed by atoms with E-state index in [1.807, 2.05) is 37.3 Å². The molecular weight excluding hydrogens is 226 g/mol. The average Bonchev–Trinajstić information content (AvgIpc) is 2.43. The van der Waals surface area contributed by atoms with E-state index in [0.717, 1.165) is 5.56 Å². The molecule has 0 radical (unpaired) electrons. The Labute approximate surface area is 107 Å². The van der Waals surface area contributed by atoms with E-state index >= 15 is 0 Å². The van der Waals surface area contributed by atoms with Crippen LogP contribution < -0.4 is 5.32 Å². The Morgan fingerprint density at radius 2 is 2.17 bits per heavy atom. The Kier molecular flexibility index (Phi) is 5.72. The van der Waals surface area contributed by atoms with Crippen LogP contribution in [-0.2, 0) is 6.42 Å². The molecule has 0 aliphatic carbocycles. The summed E-state index contributed by atoms with van der Waals surface area (Å²) in [7, 11) is 0. The van der Waals surface area contributed by atoms with Gasteiger partial charge in [0.25, 0.3) is 0 Å². The van der Waals surface area contributed by atoms with Crippen molar-refractivity contribution in [3.8, 4) is 6.07 Å². The lowest BCUT2D eigenvalue weighted by Crippen LogP contribution is -2.46. The molecule has 0 saturated heterocycles. The molecule has 0 fully saturated rings. The van der Waals surface area contributed by atoms with Gasteiger partial charge in [0.15, 0.2) is 0 Å². The van der Waals surface area contributed by atoms with Crippen molar-refractivity contribution in [3.05, 3.63) is 46.3 Å². The number of benzene rings is 1. The average molecular weight is 243 g/mol. The molecule has 0 amide bonds. The van der Waals surface area contributed by atoms with Crippen molar-refractivity contribution in [1.29, 1.82) is 5.26 Å². The van der Waals surface area contributed by atoms with E-state index in [1.165, 1.54) is 0 Å². The Morgan fingerprint density at radius 3 is 2.72 bits per heavy atom. The largest absolute Gasteiger partial charge is 0.299 e. The minimum atomic E-state index is -0.591. The predicted molar refractivity (Wildman–Crippen MR) is 70.8 cm³/mol. The first-order valence-corrected chi connectivity index (χ1v) is 5.97. The van der Waals surface area contributed by atoms with Crippen LogP contribution in [0.3, 0.4) is 0 Å². The van der Waals surface area contributed by atoms with Gasteiger partial charge in [-0.1, -0.05) is 42.4 Å². The Balaban J connectivity index is 2.68. The molecule has 0 aliphatic rings. The SMILES string of the molecule is CCC(C#N)(Cc1ccccc1)NCCN=[N+]=[N-]. The zero-order valence-corrected chi connectivity index (χ0v) is 10.5. The number of rotatable bonds is 7. The fraction of sp³-hybridized carbons (Fsp3) is 0.462. The van der Waals surface area contributed by atoms with Gasteiger partial charge in [0.1, 0.15) is 5.54 Å². The number of azide groups is 1. The summed E-state index contributed by atoms with van der Waals surface area (Å²) in [6.45, 7) is 2.85. The fourth-order valence-electron chi connectivity index (χ4n) is 1.80. The third-order valence-electron chi connectivity index (χ3n) is 2.90. The van der Waals surface area contributed by atoms with Crippen LogP contribution in [0.25, 0.3) is 10.4 Å². The first kappa shape index (κ1) is 14.0. The molecule has 1 N–H and O–H groups in total. The monoisotopic (exact) mass is 243 g/mol. The topological polar surface area (TPSA) is 84.6 Å². The zero-order chi connectivity index (χ0) is 13.3. The summed E-state index contributed by atoms with van der Waals surface area (Å²) < 4.78 is 0. The maximum atomic E-state index is 9.38. The molecule has 1 aromatic carbocycles. The lowest BCUT2D eigenvalue weighted by molar-refractivity contribution is 0.401. The molecule has 0 spiro atoms. The molecular formula is C13H17N5. The molecule has 0 saturated carbocycles. The maximum absolute atomic E-state index is 9.38. The molecule has 5 heteroatoms. The van der Waals surface area contributed by atoms with Crippen molar-refractivity contribution < 1.29 is 0 Å². The molecule has 0 heterocycles. The zero-order valence-electron chi connectivity index (χ0n) is 10.5. The molecule has 0 aliphatic heterocycles. The van der Waals surface area contributed by atoms with Crippen LogP contribution >= 0.6 is 0 Å². The van der Waals surface area contributed by atoms with Crippen LogP contribution in [0.15, 0.2) is 35.4 Å². The first-order valence-electron chi connectivity index (χ1n) is 5.97. The lowest BCUT2D eigenvalue weighted by atomic mass is 9.89. The van der Waals surface area contributed by atoms with Gasteiger partial charge in [-0.2, -0.15) is 5.26 Å². The number of nitrogens with one attached hydrogen (secondary N) is 1. The minimum absolute atomic E-state index is 0.356. The van der Waals surface area contributed by atoms with Crippen LogP contribution in [0.4, 0.5) is 0 Å². The smallest absolute Gasteiger partial charge is 0.110 e. The first-order chi connectivity index (χ1) is 8.76. The van der Waals surface area contributed by atoms with Gasteiger partial charge >= 0.3 is 0 Å². The lowest BCUT2D eigenvalue weighted by Gasteiger charge is -2.26. The van der Waals surface area contributed by atoms with E-state index in [-0.39, 0.29) is 0 Å². The quantitative estimate of drug-likeness (QED) is 0.345. The van der Waals surface area contributed by atoms with Crippen molar-refractivity contribution >= 4 is 0 Å². The van der Waals surface area contributed by atoms with Crippen LogP contribution in [-0.4, -0.2) is 18.6 Å². The highest BCUT2D eigenvalue weighted by Gasteiger charge is 2.27. The van der Waals surface area contributed by atoms with E-state index in [4.69, 9.17) is 5.53 Å². The normalized spacial score (nSPS) is 13.1. The molecule has 94 valence electrons. The summed E-state index contributed by atoms with van der Waals surface area (Å²) in [6.07, 6.45) is 1.35. The predicted octanol–water partition coefficient (Wildman–Crippen LogP) is 2.80. The molecule has 1 rings (SSSR count). The number of hydrogen-bond donors (Lipinski definition) is 1. The highest BCUT2D eigenvalue weighted by Crippen LogP contribution is 2.16. The molecule has 1 aromatic rings. The number of hydrogen-bond acceptors (Lipinski definition) is 3. The van der Waals surface area contributed by atoms with Gasteiger partial charge < -0.3 is 0 Å². The highest BCUT2D eigenvalue weighted by molar-refractivity contribution is 5.22. The molecule has 0 aromatic heterocycles. The minimum Gasteiger partial charge on any atom is -0.299 e. The number of nitrogens with zero attached hydrogens (tertiary/aromatic N) is 4. The van der Waals surface area contributed by atoms with Gasteiger partial charge in [-0.3, -0.25) is 5.32 Å². The van der Waals surface area contributed by atoms with E-state index in [9.17, 15) is 5.26 Å². The van der Waals surface area contributed by atoms with Crippen molar-refractivity contribution in [1.82, 2.24) is 5.32 Å². The maximum Gasteiger partial charge on any atom is 0.110 e. The molecule has 1 atom stereocenters. The Morgan fingerprint density at radius 1 is 1.44 bits per heavy atom. The Hall–Kier alpha value is -2.02. The van der Waals surface area contributed by atoms with E-state index in [2.05, 4.69) is 21.4 Å². The van der Waals surface area contributed by atoms with Crippen LogP contribution in [0.2, 0.25) is 0 Å². The van der Waals surface area contributed by atoms with Gasteiger partial charge in [-0.25, -0.2) is 0 Å². The summed E-state index contributed by atoms with van der Waals surface area (Å²) in [5, 5.41) is 16.0. The van der Waals surface area contributed by atoms with Gasteiger partial charge in [-0.15, -0.1) is 0 Å². The van der Waals surface area contributed by atoms with E-state index in [0.29, 0.717) is 25.9 Å². The van der Waals surface area contributed by atoms with Gasteiger partial charge in [-0.05, 0) is 17.5 Å². The van der Waals surface area contributed by atoms with Crippen LogP contribution in [0.5, 0.6) is 0 Å². The van der Waals surface area contributed by atoms with Crippen LogP contribution in [0.1, 0.15) is 18.9 Å². The third-order valence-corrected chi connectivity index (χ3v) is 2.90. The fourth-order valence-corrected chi connectivity index (χ4v) is 1.80. The van der Waals surface area contributed by atoms with Crippen molar-refractivity contribution in [3.63, 3.8) is 0 Å². The third kappa shape index (κ3) is 4.10. The molecule has 18 heavy (non-hydrogen) atoms. The second kappa shape index (κ2) is 7.33. The second-order valence-corrected chi connectivity index (χ2v) is 4.09. The van der Waals surface area contributed by atoms with Crippen molar-refractivity contribution in [2.24, 2.45) is 5.11 Å². The summed E-state index contributed by atoms with van der Waals surface area (Å²) in [6, 6.07) is 12.3. The van der Waals surface area contributed by atoms with Gasteiger partial charge in [0, 0.05) is 24.4 Å². The van der Waals surface area contributed by atoms with Gasteiger partial charge in [0.05, 0.1) is 6.07 Å².